The summed E-state index contributed by atoms with van der Waals surface area (Å²) in [5.41, 5.74) is 0. The lowest BCUT2D eigenvalue weighted by molar-refractivity contribution is 0.178. The van der Waals surface area contributed by atoms with Crippen molar-refractivity contribution in [1.29, 1.82) is 0 Å². The number of hydrogen-bond donors (Lipinski definition) is 1. The van der Waals surface area contributed by atoms with E-state index in [-0.39, 0.29) is 0 Å². The molecule has 2 heterocycles. The quantitative estimate of drug-likeness (QED) is 0.842. The highest BCUT2D eigenvalue weighted by molar-refractivity contribution is 7.16. The van der Waals surface area contributed by atoms with Crippen LogP contribution in [0.15, 0.2) is 12.1 Å². The van der Waals surface area contributed by atoms with Gasteiger partial charge in [-0.3, -0.25) is 4.90 Å². The predicted octanol–water partition coefficient (Wildman–Crippen LogP) is 4.32. The van der Waals surface area contributed by atoms with Gasteiger partial charge in [-0.15, -0.1) is 11.3 Å². The Morgan fingerprint density at radius 3 is 2.89 bits per heavy atom. The van der Waals surface area contributed by atoms with Crippen LogP contribution in [-0.2, 0) is 0 Å². The van der Waals surface area contributed by atoms with Crippen molar-refractivity contribution in [2.45, 2.75) is 51.6 Å². The molecule has 0 spiro atoms. The van der Waals surface area contributed by atoms with Gasteiger partial charge in [-0.2, -0.15) is 0 Å². The average molecular weight is 301 g/mol. The fraction of sp³-hybridized carbons (Fsp3) is 0.733. The Labute approximate surface area is 126 Å². The summed E-state index contributed by atoms with van der Waals surface area (Å²) in [5, 5.41) is 3.66. The van der Waals surface area contributed by atoms with Crippen molar-refractivity contribution in [3.05, 3.63) is 21.3 Å². The zero-order valence-corrected chi connectivity index (χ0v) is 13.6. The molecule has 2 nitrogen and oxygen atoms in total. The minimum absolute atomic E-state index is 0.473. The molecule has 1 saturated heterocycles. The molecule has 1 aliphatic heterocycles. The van der Waals surface area contributed by atoms with Crippen LogP contribution in [0.4, 0.5) is 0 Å². The van der Waals surface area contributed by atoms with E-state index in [1.165, 1.54) is 37.1 Å². The van der Waals surface area contributed by atoms with Gasteiger partial charge in [0.25, 0.3) is 0 Å². The molecule has 1 aromatic rings. The molecular formula is C15H25ClN2S. The smallest absolute Gasteiger partial charge is 0.0931 e. The SMILES string of the molecule is CCCN(CC1CCCCN1)C(C)c1ccc(Cl)s1. The molecule has 0 radical (unpaired) electrons. The summed E-state index contributed by atoms with van der Waals surface area (Å²) < 4.78 is 0.897. The molecule has 19 heavy (non-hydrogen) atoms. The molecule has 0 aliphatic carbocycles. The van der Waals surface area contributed by atoms with Crippen LogP contribution in [0, 0.1) is 0 Å². The van der Waals surface area contributed by atoms with E-state index < -0.39 is 0 Å². The molecule has 2 atom stereocenters. The summed E-state index contributed by atoms with van der Waals surface area (Å²) in [6.07, 6.45) is 5.23. The molecule has 2 unspecified atom stereocenters. The van der Waals surface area contributed by atoms with Gasteiger partial charge in [-0.25, -0.2) is 0 Å². The highest BCUT2D eigenvalue weighted by Gasteiger charge is 2.21. The second-order valence-corrected chi connectivity index (χ2v) is 7.21. The van der Waals surface area contributed by atoms with Gasteiger partial charge in [0, 0.05) is 23.5 Å². The standard InChI is InChI=1S/C15H25ClN2S/c1-3-10-18(11-13-6-4-5-9-17-13)12(2)14-7-8-15(16)19-14/h7-8,12-13,17H,3-6,9-11H2,1-2H3. The Morgan fingerprint density at radius 2 is 2.32 bits per heavy atom. The first kappa shape index (κ1) is 15.3. The molecule has 1 N–H and O–H groups in total. The van der Waals surface area contributed by atoms with Crippen molar-refractivity contribution in [2.75, 3.05) is 19.6 Å². The van der Waals surface area contributed by atoms with Crippen LogP contribution in [0.25, 0.3) is 0 Å². The van der Waals surface area contributed by atoms with Gasteiger partial charge >= 0.3 is 0 Å². The Hall–Kier alpha value is -0.0900. The minimum atomic E-state index is 0.473. The molecule has 1 fully saturated rings. The Morgan fingerprint density at radius 1 is 1.47 bits per heavy atom. The average Bonchev–Trinajstić information content (AvgIpc) is 2.85. The first-order valence-electron chi connectivity index (χ1n) is 7.43. The molecule has 0 aromatic carbocycles. The van der Waals surface area contributed by atoms with E-state index in [9.17, 15) is 0 Å². The number of nitrogens with one attached hydrogen (secondary N) is 1. The van der Waals surface area contributed by atoms with Gasteiger partial charge in [0.15, 0.2) is 0 Å². The number of halogens is 1. The zero-order valence-electron chi connectivity index (χ0n) is 12.0. The van der Waals surface area contributed by atoms with Crippen molar-refractivity contribution in [2.24, 2.45) is 0 Å². The summed E-state index contributed by atoms with van der Waals surface area (Å²) in [6.45, 7) is 8.07. The first-order valence-corrected chi connectivity index (χ1v) is 8.62. The van der Waals surface area contributed by atoms with Gasteiger partial charge < -0.3 is 5.32 Å². The number of rotatable bonds is 6. The lowest BCUT2D eigenvalue weighted by atomic mass is 10.0. The van der Waals surface area contributed by atoms with Crippen molar-refractivity contribution in [3.8, 4) is 0 Å². The van der Waals surface area contributed by atoms with E-state index in [0.29, 0.717) is 12.1 Å². The van der Waals surface area contributed by atoms with Crippen LogP contribution in [0.3, 0.4) is 0 Å². The van der Waals surface area contributed by atoms with Crippen LogP contribution < -0.4 is 5.32 Å². The summed E-state index contributed by atoms with van der Waals surface area (Å²) in [6, 6.07) is 5.33. The number of thiophene rings is 1. The van der Waals surface area contributed by atoms with Crippen LogP contribution >= 0.6 is 22.9 Å². The normalized spacial score (nSPS) is 21.8. The highest BCUT2D eigenvalue weighted by Crippen LogP contribution is 2.30. The van der Waals surface area contributed by atoms with Crippen molar-refractivity contribution in [3.63, 3.8) is 0 Å². The maximum atomic E-state index is 6.07. The maximum absolute atomic E-state index is 6.07. The van der Waals surface area contributed by atoms with Crippen molar-refractivity contribution >= 4 is 22.9 Å². The van der Waals surface area contributed by atoms with E-state index in [2.05, 4.69) is 30.1 Å². The summed E-state index contributed by atoms with van der Waals surface area (Å²) >= 11 is 7.78. The van der Waals surface area contributed by atoms with E-state index >= 15 is 0 Å². The van der Waals surface area contributed by atoms with E-state index in [4.69, 9.17) is 11.6 Å². The summed E-state index contributed by atoms with van der Waals surface area (Å²) in [4.78, 5) is 3.99. The van der Waals surface area contributed by atoms with Crippen LogP contribution in [0.2, 0.25) is 4.34 Å². The molecule has 4 heteroatoms. The Balaban J connectivity index is 1.97. The van der Waals surface area contributed by atoms with Gasteiger partial charge in [-0.05, 0) is 51.4 Å². The summed E-state index contributed by atoms with van der Waals surface area (Å²) in [7, 11) is 0. The third-order valence-corrected chi connectivity index (χ3v) is 5.33. The van der Waals surface area contributed by atoms with E-state index in [1.807, 2.05) is 6.07 Å². The second-order valence-electron chi connectivity index (χ2n) is 5.46. The number of nitrogens with zero attached hydrogens (tertiary/aromatic N) is 1. The van der Waals surface area contributed by atoms with Gasteiger partial charge in [0.1, 0.15) is 0 Å². The molecule has 1 aliphatic rings. The third-order valence-electron chi connectivity index (χ3n) is 3.93. The zero-order chi connectivity index (χ0) is 13.7. The largest absolute Gasteiger partial charge is 0.313 e. The molecule has 0 saturated carbocycles. The van der Waals surface area contributed by atoms with E-state index in [0.717, 1.165) is 17.4 Å². The molecular weight excluding hydrogens is 276 g/mol. The van der Waals surface area contributed by atoms with Crippen molar-refractivity contribution < 1.29 is 0 Å². The van der Waals surface area contributed by atoms with Crippen LogP contribution in [0.1, 0.15) is 50.4 Å². The fourth-order valence-corrected chi connectivity index (χ4v) is 3.97. The lowest BCUT2D eigenvalue weighted by Crippen LogP contribution is -2.44. The Bertz CT molecular complexity index is 374. The number of piperidine rings is 1. The minimum Gasteiger partial charge on any atom is -0.313 e. The predicted molar refractivity (Wildman–Crippen MR) is 85.2 cm³/mol. The second kappa shape index (κ2) is 7.63. The van der Waals surface area contributed by atoms with Crippen molar-refractivity contribution in [1.82, 2.24) is 10.2 Å². The Kier molecular flexibility index (Phi) is 6.14. The lowest BCUT2D eigenvalue weighted by Gasteiger charge is -2.34. The van der Waals surface area contributed by atoms with E-state index in [1.54, 1.807) is 11.3 Å². The topological polar surface area (TPSA) is 15.3 Å². The maximum Gasteiger partial charge on any atom is 0.0931 e. The summed E-state index contributed by atoms with van der Waals surface area (Å²) in [5.74, 6) is 0. The first-order chi connectivity index (χ1) is 9.20. The molecule has 0 bridgehead atoms. The molecule has 108 valence electrons. The third kappa shape index (κ3) is 4.45. The number of hydrogen-bond acceptors (Lipinski definition) is 3. The monoisotopic (exact) mass is 300 g/mol. The molecule has 1 aromatic heterocycles. The van der Waals surface area contributed by atoms with Gasteiger partial charge in [0.05, 0.1) is 4.34 Å². The fourth-order valence-electron chi connectivity index (χ4n) is 2.83. The van der Waals surface area contributed by atoms with Gasteiger partial charge in [-0.1, -0.05) is 24.9 Å². The van der Waals surface area contributed by atoms with Crippen LogP contribution in [0.5, 0.6) is 0 Å². The van der Waals surface area contributed by atoms with Crippen LogP contribution in [-0.4, -0.2) is 30.6 Å². The molecule has 2 rings (SSSR count). The molecule has 0 amide bonds. The van der Waals surface area contributed by atoms with Gasteiger partial charge in [0.2, 0.25) is 0 Å². The highest BCUT2D eigenvalue weighted by atomic mass is 35.5.